The highest BCUT2D eigenvalue weighted by atomic mass is 79.9. The van der Waals surface area contributed by atoms with Crippen LogP contribution in [0, 0.1) is 0 Å². The summed E-state index contributed by atoms with van der Waals surface area (Å²) in [6, 6.07) is 8.72. The molecule has 1 fully saturated rings. The lowest BCUT2D eigenvalue weighted by Crippen LogP contribution is -2.23. The van der Waals surface area contributed by atoms with Crippen molar-refractivity contribution in [2.75, 3.05) is 13.6 Å². The van der Waals surface area contributed by atoms with E-state index in [2.05, 4.69) is 45.5 Å². The standard InChI is InChI=1S/C11H14BrN/c1-13-8-11(6-7-11)9-2-4-10(12)5-3-9/h2-5,13H,6-8H2,1H3. The summed E-state index contributed by atoms with van der Waals surface area (Å²) in [5.41, 5.74) is 1.93. The lowest BCUT2D eigenvalue weighted by molar-refractivity contribution is 0.624. The summed E-state index contributed by atoms with van der Waals surface area (Å²) in [6.45, 7) is 1.11. The molecule has 0 saturated heterocycles. The third-order valence-electron chi connectivity index (χ3n) is 2.83. The number of hydrogen-bond donors (Lipinski definition) is 1. The molecule has 0 aliphatic heterocycles. The average Bonchev–Trinajstić information content (AvgIpc) is 2.87. The van der Waals surface area contributed by atoms with Crippen molar-refractivity contribution in [2.24, 2.45) is 0 Å². The maximum Gasteiger partial charge on any atom is 0.0175 e. The Morgan fingerprint density at radius 3 is 2.38 bits per heavy atom. The highest BCUT2D eigenvalue weighted by Gasteiger charge is 2.43. The molecule has 0 heterocycles. The van der Waals surface area contributed by atoms with Gasteiger partial charge in [-0.25, -0.2) is 0 Å². The van der Waals surface area contributed by atoms with Crippen LogP contribution >= 0.6 is 15.9 Å². The van der Waals surface area contributed by atoms with Crippen LogP contribution in [0.25, 0.3) is 0 Å². The number of hydrogen-bond acceptors (Lipinski definition) is 1. The van der Waals surface area contributed by atoms with Gasteiger partial charge in [-0.2, -0.15) is 0 Å². The van der Waals surface area contributed by atoms with E-state index < -0.39 is 0 Å². The maximum absolute atomic E-state index is 3.46. The van der Waals surface area contributed by atoms with Crippen LogP contribution < -0.4 is 5.32 Å². The predicted molar refractivity (Wildman–Crippen MR) is 59.0 cm³/mol. The van der Waals surface area contributed by atoms with Gasteiger partial charge in [-0.15, -0.1) is 0 Å². The van der Waals surface area contributed by atoms with Gasteiger partial charge in [0.05, 0.1) is 0 Å². The van der Waals surface area contributed by atoms with Crippen molar-refractivity contribution >= 4 is 15.9 Å². The third kappa shape index (κ3) is 1.79. The summed E-state index contributed by atoms with van der Waals surface area (Å²) in [5.74, 6) is 0. The summed E-state index contributed by atoms with van der Waals surface area (Å²) < 4.78 is 1.16. The monoisotopic (exact) mass is 239 g/mol. The molecule has 1 nitrogen and oxygen atoms in total. The highest BCUT2D eigenvalue weighted by Crippen LogP contribution is 2.47. The van der Waals surface area contributed by atoms with Crippen LogP contribution in [0.5, 0.6) is 0 Å². The Bertz CT molecular complexity index is 287. The molecule has 13 heavy (non-hydrogen) atoms. The second-order valence-corrected chi connectivity index (χ2v) is 4.73. The van der Waals surface area contributed by atoms with Crippen molar-refractivity contribution in [3.8, 4) is 0 Å². The van der Waals surface area contributed by atoms with E-state index in [9.17, 15) is 0 Å². The van der Waals surface area contributed by atoms with E-state index in [0.29, 0.717) is 5.41 Å². The van der Waals surface area contributed by atoms with Crippen molar-refractivity contribution in [1.82, 2.24) is 5.32 Å². The van der Waals surface area contributed by atoms with E-state index in [1.54, 1.807) is 0 Å². The molecule has 2 rings (SSSR count). The normalized spacial score (nSPS) is 18.6. The minimum Gasteiger partial charge on any atom is -0.319 e. The molecule has 70 valence electrons. The number of rotatable bonds is 3. The van der Waals surface area contributed by atoms with Gasteiger partial charge in [0.1, 0.15) is 0 Å². The molecule has 1 aliphatic rings. The van der Waals surface area contributed by atoms with Gasteiger partial charge in [0.2, 0.25) is 0 Å². The van der Waals surface area contributed by atoms with Gasteiger partial charge in [-0.3, -0.25) is 0 Å². The number of likely N-dealkylation sites (N-methyl/N-ethyl adjacent to an activating group) is 1. The molecule has 1 aromatic carbocycles. The SMILES string of the molecule is CNCC1(c2ccc(Br)cc2)CC1. The molecule has 0 spiro atoms. The molecule has 0 aromatic heterocycles. The van der Waals surface area contributed by atoms with Gasteiger partial charge in [0.15, 0.2) is 0 Å². The molecule has 0 radical (unpaired) electrons. The minimum absolute atomic E-state index is 0.454. The Hall–Kier alpha value is -0.340. The molecular weight excluding hydrogens is 226 g/mol. The van der Waals surface area contributed by atoms with Crippen LogP contribution in [0.4, 0.5) is 0 Å². The van der Waals surface area contributed by atoms with Gasteiger partial charge in [-0.05, 0) is 37.6 Å². The smallest absolute Gasteiger partial charge is 0.0175 e. The molecule has 0 amide bonds. The van der Waals surface area contributed by atoms with E-state index in [-0.39, 0.29) is 0 Å². The summed E-state index contributed by atoms with van der Waals surface area (Å²) in [4.78, 5) is 0. The number of halogens is 1. The van der Waals surface area contributed by atoms with Crippen LogP contribution in [0.1, 0.15) is 18.4 Å². The minimum atomic E-state index is 0.454. The van der Waals surface area contributed by atoms with E-state index in [1.165, 1.54) is 18.4 Å². The van der Waals surface area contributed by atoms with Crippen LogP contribution in [-0.2, 0) is 5.41 Å². The summed E-state index contributed by atoms with van der Waals surface area (Å²) >= 11 is 3.46. The topological polar surface area (TPSA) is 12.0 Å². The van der Waals surface area contributed by atoms with E-state index in [1.807, 2.05) is 7.05 Å². The Balaban J connectivity index is 2.20. The zero-order valence-corrected chi connectivity index (χ0v) is 9.39. The fraction of sp³-hybridized carbons (Fsp3) is 0.455. The van der Waals surface area contributed by atoms with Gasteiger partial charge in [-0.1, -0.05) is 28.1 Å². The van der Waals surface area contributed by atoms with Gasteiger partial charge >= 0.3 is 0 Å². The van der Waals surface area contributed by atoms with Gasteiger partial charge < -0.3 is 5.32 Å². The van der Waals surface area contributed by atoms with Crippen molar-refractivity contribution in [2.45, 2.75) is 18.3 Å². The third-order valence-corrected chi connectivity index (χ3v) is 3.35. The fourth-order valence-corrected chi connectivity index (χ4v) is 2.12. The van der Waals surface area contributed by atoms with Crippen LogP contribution in [0.15, 0.2) is 28.7 Å². The molecule has 1 N–H and O–H groups in total. The summed E-state index contributed by atoms with van der Waals surface area (Å²) in [7, 11) is 2.03. The molecular formula is C11H14BrN. The highest BCUT2D eigenvalue weighted by molar-refractivity contribution is 9.10. The Morgan fingerprint density at radius 2 is 1.92 bits per heavy atom. The maximum atomic E-state index is 3.46. The number of benzene rings is 1. The lowest BCUT2D eigenvalue weighted by atomic mass is 9.96. The molecule has 0 atom stereocenters. The first-order valence-electron chi connectivity index (χ1n) is 4.67. The van der Waals surface area contributed by atoms with Crippen LogP contribution in [-0.4, -0.2) is 13.6 Å². The lowest BCUT2D eigenvalue weighted by Gasteiger charge is -2.14. The molecule has 0 bridgehead atoms. The Morgan fingerprint density at radius 1 is 1.31 bits per heavy atom. The average molecular weight is 240 g/mol. The summed E-state index contributed by atoms with van der Waals surface area (Å²) in [5, 5.41) is 3.27. The first-order chi connectivity index (χ1) is 6.27. The molecule has 2 heteroatoms. The molecule has 0 unspecified atom stereocenters. The number of nitrogens with one attached hydrogen (secondary N) is 1. The predicted octanol–water partition coefficient (Wildman–Crippen LogP) is 2.70. The van der Waals surface area contributed by atoms with Crippen molar-refractivity contribution < 1.29 is 0 Å². The first kappa shape index (κ1) is 9.22. The molecule has 1 aliphatic carbocycles. The Kier molecular flexibility index (Phi) is 2.43. The molecule has 1 saturated carbocycles. The van der Waals surface area contributed by atoms with E-state index >= 15 is 0 Å². The van der Waals surface area contributed by atoms with Crippen LogP contribution in [0.3, 0.4) is 0 Å². The first-order valence-corrected chi connectivity index (χ1v) is 5.47. The van der Waals surface area contributed by atoms with E-state index in [4.69, 9.17) is 0 Å². The zero-order chi connectivity index (χ0) is 9.31. The summed E-state index contributed by atoms with van der Waals surface area (Å²) in [6.07, 6.45) is 2.66. The largest absolute Gasteiger partial charge is 0.319 e. The Labute approximate surface area is 87.7 Å². The fourth-order valence-electron chi connectivity index (χ4n) is 1.86. The van der Waals surface area contributed by atoms with Crippen molar-refractivity contribution in [1.29, 1.82) is 0 Å². The second-order valence-electron chi connectivity index (χ2n) is 3.82. The van der Waals surface area contributed by atoms with E-state index in [0.717, 1.165) is 11.0 Å². The van der Waals surface area contributed by atoms with Gasteiger partial charge in [0.25, 0.3) is 0 Å². The van der Waals surface area contributed by atoms with Crippen molar-refractivity contribution in [3.05, 3.63) is 34.3 Å². The quantitative estimate of drug-likeness (QED) is 0.856. The second kappa shape index (κ2) is 3.43. The van der Waals surface area contributed by atoms with Crippen molar-refractivity contribution in [3.63, 3.8) is 0 Å². The zero-order valence-electron chi connectivity index (χ0n) is 7.81. The van der Waals surface area contributed by atoms with Crippen LogP contribution in [0.2, 0.25) is 0 Å². The van der Waals surface area contributed by atoms with Gasteiger partial charge in [0, 0.05) is 16.4 Å². The molecule has 1 aromatic rings.